The maximum atomic E-state index is 11.5. The average Bonchev–Trinajstić information content (AvgIpc) is 2.35. The second-order valence-electron chi connectivity index (χ2n) is 5.66. The van der Waals surface area contributed by atoms with E-state index in [-0.39, 0.29) is 6.04 Å². The highest BCUT2D eigenvalue weighted by molar-refractivity contribution is 7.98. The predicted octanol–water partition coefficient (Wildman–Crippen LogP) is 2.80. The molecule has 0 fully saturated rings. The molecule has 0 saturated heterocycles. The lowest BCUT2D eigenvalue weighted by Crippen LogP contribution is -2.41. The van der Waals surface area contributed by atoms with E-state index in [1.165, 1.54) is 10.5 Å². The molecule has 1 amide bonds. The van der Waals surface area contributed by atoms with Crippen LogP contribution in [0.1, 0.15) is 26.3 Å². The molecule has 0 aromatic heterocycles. The van der Waals surface area contributed by atoms with Crippen molar-refractivity contribution in [2.75, 3.05) is 12.8 Å². The second-order valence-corrected chi connectivity index (χ2v) is 6.51. The summed E-state index contributed by atoms with van der Waals surface area (Å²) in [5, 5.41) is 2.70. The highest BCUT2D eigenvalue weighted by Gasteiger charge is 2.16. The summed E-state index contributed by atoms with van der Waals surface area (Å²) in [7, 11) is 0. The van der Waals surface area contributed by atoms with Crippen LogP contribution in [-0.4, -0.2) is 30.5 Å². The third-order valence-electron chi connectivity index (χ3n) is 2.58. The van der Waals surface area contributed by atoms with Gasteiger partial charge in [0.15, 0.2) is 0 Å². The Kier molecular flexibility index (Phi) is 6.36. The van der Waals surface area contributed by atoms with Crippen LogP contribution < -0.4 is 11.1 Å². The molecular formula is C15H24N2O2S. The van der Waals surface area contributed by atoms with E-state index in [2.05, 4.69) is 17.4 Å². The van der Waals surface area contributed by atoms with Crippen LogP contribution in [0.4, 0.5) is 4.79 Å². The lowest BCUT2D eigenvalue weighted by molar-refractivity contribution is 0.0524. The predicted molar refractivity (Wildman–Crippen MR) is 84.1 cm³/mol. The number of carbonyl (C=O) groups is 1. The third-order valence-corrected chi connectivity index (χ3v) is 3.42. The molecule has 3 N–H and O–H groups in total. The Hall–Kier alpha value is -1.20. The zero-order valence-corrected chi connectivity index (χ0v) is 13.4. The molecular weight excluding hydrogens is 272 g/mol. The Morgan fingerprint density at radius 1 is 1.40 bits per heavy atom. The average molecular weight is 296 g/mol. The number of carbonyl (C=O) groups excluding carboxylic acids is 1. The number of thioether (sulfide) groups is 1. The number of hydrogen-bond acceptors (Lipinski definition) is 4. The molecule has 0 spiro atoms. The minimum absolute atomic E-state index is 0.129. The largest absolute Gasteiger partial charge is 0.444 e. The monoisotopic (exact) mass is 296 g/mol. The van der Waals surface area contributed by atoms with Gasteiger partial charge in [-0.3, -0.25) is 0 Å². The molecule has 0 heterocycles. The van der Waals surface area contributed by atoms with Crippen LogP contribution in [0.15, 0.2) is 29.2 Å². The fourth-order valence-corrected chi connectivity index (χ4v) is 2.38. The van der Waals surface area contributed by atoms with Crippen molar-refractivity contribution in [3.63, 3.8) is 0 Å². The van der Waals surface area contributed by atoms with Crippen LogP contribution in [0.3, 0.4) is 0 Å². The third kappa shape index (κ3) is 6.30. The van der Waals surface area contributed by atoms with E-state index in [1.807, 2.05) is 39.2 Å². The highest BCUT2D eigenvalue weighted by Crippen LogP contribution is 2.20. The van der Waals surface area contributed by atoms with Crippen LogP contribution in [0.25, 0.3) is 0 Å². The smallest absolute Gasteiger partial charge is 0.407 e. The van der Waals surface area contributed by atoms with Gasteiger partial charge in [-0.05, 0) is 45.1 Å². The van der Waals surface area contributed by atoms with Crippen LogP contribution in [0.2, 0.25) is 0 Å². The lowest BCUT2D eigenvalue weighted by Gasteiger charge is -2.21. The molecule has 4 nitrogen and oxygen atoms in total. The molecule has 1 atom stereocenters. The first kappa shape index (κ1) is 16.9. The van der Waals surface area contributed by atoms with E-state index in [1.54, 1.807) is 11.8 Å². The van der Waals surface area contributed by atoms with Gasteiger partial charge in [0.25, 0.3) is 0 Å². The van der Waals surface area contributed by atoms with E-state index in [9.17, 15) is 4.79 Å². The van der Waals surface area contributed by atoms with E-state index < -0.39 is 11.7 Å². The maximum absolute atomic E-state index is 11.5. The molecule has 0 aliphatic heterocycles. The van der Waals surface area contributed by atoms with Crippen molar-refractivity contribution in [3.05, 3.63) is 29.8 Å². The number of hydrogen-bond donors (Lipinski definition) is 2. The summed E-state index contributed by atoms with van der Waals surface area (Å²) in [6.07, 6.45) is 2.35. The first-order chi connectivity index (χ1) is 9.31. The van der Waals surface area contributed by atoms with Crippen LogP contribution in [0, 0.1) is 0 Å². The highest BCUT2D eigenvalue weighted by atomic mass is 32.2. The second kappa shape index (κ2) is 7.55. The summed E-state index contributed by atoms with van der Waals surface area (Å²) < 4.78 is 5.17. The van der Waals surface area contributed by atoms with E-state index in [0.717, 1.165) is 6.42 Å². The Labute approximate surface area is 125 Å². The normalized spacial score (nSPS) is 12.8. The SMILES string of the molecule is CSc1ccccc1CC(N)CNC(=O)OC(C)(C)C. The fourth-order valence-electron chi connectivity index (χ4n) is 1.75. The number of benzene rings is 1. The Bertz CT molecular complexity index is 444. The van der Waals surface area contributed by atoms with Crippen molar-refractivity contribution in [2.24, 2.45) is 5.73 Å². The van der Waals surface area contributed by atoms with Gasteiger partial charge in [0.2, 0.25) is 0 Å². The van der Waals surface area contributed by atoms with Crippen molar-refractivity contribution in [2.45, 2.75) is 43.7 Å². The first-order valence-electron chi connectivity index (χ1n) is 6.66. The summed E-state index contributed by atoms with van der Waals surface area (Å²) in [5.74, 6) is 0. The van der Waals surface area contributed by atoms with Crippen molar-refractivity contribution in [3.8, 4) is 0 Å². The van der Waals surface area contributed by atoms with Crippen molar-refractivity contribution in [1.29, 1.82) is 0 Å². The first-order valence-corrected chi connectivity index (χ1v) is 7.88. The summed E-state index contributed by atoms with van der Waals surface area (Å²) in [6.45, 7) is 5.90. The van der Waals surface area contributed by atoms with Gasteiger partial charge in [-0.1, -0.05) is 18.2 Å². The Morgan fingerprint density at radius 3 is 2.65 bits per heavy atom. The number of rotatable bonds is 5. The molecule has 20 heavy (non-hydrogen) atoms. The van der Waals surface area contributed by atoms with E-state index in [4.69, 9.17) is 10.5 Å². The summed E-state index contributed by atoms with van der Waals surface area (Å²) in [4.78, 5) is 12.8. The number of ether oxygens (including phenoxy) is 1. The van der Waals surface area contributed by atoms with E-state index in [0.29, 0.717) is 6.54 Å². The van der Waals surface area contributed by atoms with Crippen molar-refractivity contribution < 1.29 is 9.53 Å². The fraction of sp³-hybridized carbons (Fsp3) is 0.533. The molecule has 0 bridgehead atoms. The maximum Gasteiger partial charge on any atom is 0.407 e. The summed E-state index contributed by atoms with van der Waals surface area (Å²) in [5.41, 5.74) is 6.78. The molecule has 1 unspecified atom stereocenters. The lowest BCUT2D eigenvalue weighted by atomic mass is 10.1. The molecule has 0 saturated carbocycles. The van der Waals surface area contributed by atoms with Gasteiger partial charge in [-0.2, -0.15) is 0 Å². The molecule has 5 heteroatoms. The zero-order valence-electron chi connectivity index (χ0n) is 12.6. The molecule has 112 valence electrons. The van der Waals surface area contributed by atoms with Crippen molar-refractivity contribution in [1.82, 2.24) is 5.32 Å². The standard InChI is InChI=1S/C15H24N2O2S/c1-15(2,3)19-14(18)17-10-12(16)9-11-7-5-6-8-13(11)20-4/h5-8,12H,9-10,16H2,1-4H3,(H,17,18). The number of nitrogens with one attached hydrogen (secondary N) is 1. The van der Waals surface area contributed by atoms with Gasteiger partial charge in [-0.25, -0.2) is 4.79 Å². The Balaban J connectivity index is 2.44. The zero-order chi connectivity index (χ0) is 15.2. The van der Waals surface area contributed by atoms with Crippen molar-refractivity contribution >= 4 is 17.9 Å². The van der Waals surface area contributed by atoms with Crippen LogP contribution in [0.5, 0.6) is 0 Å². The number of amides is 1. The van der Waals surface area contributed by atoms with E-state index >= 15 is 0 Å². The van der Waals surface area contributed by atoms with Gasteiger partial charge >= 0.3 is 6.09 Å². The van der Waals surface area contributed by atoms with Gasteiger partial charge in [0, 0.05) is 17.5 Å². The molecule has 0 aliphatic carbocycles. The van der Waals surface area contributed by atoms with Crippen LogP contribution >= 0.6 is 11.8 Å². The topological polar surface area (TPSA) is 64.3 Å². The summed E-state index contributed by atoms with van der Waals surface area (Å²) >= 11 is 1.70. The molecule has 0 radical (unpaired) electrons. The molecule has 0 aliphatic rings. The Morgan fingerprint density at radius 2 is 2.05 bits per heavy atom. The molecule has 1 rings (SSSR count). The van der Waals surface area contributed by atoms with Crippen LogP contribution in [-0.2, 0) is 11.2 Å². The number of alkyl carbamates (subject to hydrolysis) is 1. The van der Waals surface area contributed by atoms with Gasteiger partial charge < -0.3 is 15.8 Å². The minimum atomic E-state index is -0.486. The number of nitrogens with two attached hydrogens (primary N) is 1. The van der Waals surface area contributed by atoms with Gasteiger partial charge in [-0.15, -0.1) is 11.8 Å². The minimum Gasteiger partial charge on any atom is -0.444 e. The quantitative estimate of drug-likeness (QED) is 0.820. The van der Waals surface area contributed by atoms with Gasteiger partial charge in [0.05, 0.1) is 0 Å². The molecule has 1 aromatic rings. The van der Waals surface area contributed by atoms with Gasteiger partial charge in [0.1, 0.15) is 5.60 Å². The molecule has 1 aromatic carbocycles. The summed E-state index contributed by atoms with van der Waals surface area (Å²) in [6, 6.07) is 8.03.